The van der Waals surface area contributed by atoms with Gasteiger partial charge in [-0.25, -0.2) is 0 Å². The van der Waals surface area contributed by atoms with Gasteiger partial charge in [-0.2, -0.15) is 0 Å². The van der Waals surface area contributed by atoms with E-state index in [2.05, 4.69) is 33.8 Å². The molecular weight excluding hydrogens is 446 g/mol. The number of benzene rings is 1. The van der Waals surface area contributed by atoms with Gasteiger partial charge in [0.1, 0.15) is 0 Å². The number of halogens is 1. The monoisotopic (exact) mass is 483 g/mol. The fourth-order valence-corrected chi connectivity index (χ4v) is 5.98. The highest BCUT2D eigenvalue weighted by molar-refractivity contribution is 6.30. The molecule has 3 saturated heterocycles. The van der Waals surface area contributed by atoms with Crippen molar-refractivity contribution in [3.63, 3.8) is 0 Å². The van der Waals surface area contributed by atoms with Crippen LogP contribution in [0.2, 0.25) is 5.02 Å². The molecule has 1 aromatic rings. The molecule has 33 heavy (non-hydrogen) atoms. The summed E-state index contributed by atoms with van der Waals surface area (Å²) in [6, 6.07) is 9.56. The van der Waals surface area contributed by atoms with Gasteiger partial charge in [0.05, 0.1) is 6.61 Å². The zero-order valence-corrected chi connectivity index (χ0v) is 20.2. The highest BCUT2D eigenvalue weighted by Gasteiger charge is 2.54. The van der Waals surface area contributed by atoms with Crippen LogP contribution in [0.15, 0.2) is 24.3 Å². The second-order valence-corrected chi connectivity index (χ2v) is 9.37. The Hall–Kier alpha value is -1.87. The van der Waals surface area contributed by atoms with Crippen LogP contribution in [0.25, 0.3) is 0 Å². The minimum atomic E-state index is -0.250. The van der Waals surface area contributed by atoms with Crippen molar-refractivity contribution in [3.8, 4) is 0 Å². The van der Waals surface area contributed by atoms with E-state index in [9.17, 15) is 5.11 Å². The van der Waals surface area contributed by atoms with Crippen molar-refractivity contribution in [2.75, 3.05) is 50.8 Å². The van der Waals surface area contributed by atoms with Gasteiger partial charge in [-0.3, -0.25) is 19.4 Å². The van der Waals surface area contributed by atoms with Gasteiger partial charge < -0.3 is 20.2 Å². The first-order chi connectivity index (χ1) is 16.0. The summed E-state index contributed by atoms with van der Waals surface area (Å²) >= 11 is 6.14. The van der Waals surface area contributed by atoms with Gasteiger partial charge in [0.25, 0.3) is 12.9 Å². The van der Waals surface area contributed by atoms with Gasteiger partial charge in [0.2, 0.25) is 0 Å². The van der Waals surface area contributed by atoms with Gasteiger partial charge in [-0.05, 0) is 63.4 Å². The Bertz CT molecular complexity index is 720. The summed E-state index contributed by atoms with van der Waals surface area (Å²) in [5.74, 6) is 0. The zero-order chi connectivity index (χ0) is 24.3. The lowest BCUT2D eigenvalue weighted by Gasteiger charge is -2.37. The molecule has 3 aliphatic heterocycles. The number of carboxylic acid groups (broad SMARTS) is 2. The van der Waals surface area contributed by atoms with Crippen LogP contribution in [0.3, 0.4) is 0 Å². The van der Waals surface area contributed by atoms with E-state index in [0.717, 1.165) is 43.7 Å². The van der Waals surface area contributed by atoms with Crippen LogP contribution in [0, 0.1) is 5.41 Å². The summed E-state index contributed by atoms with van der Waals surface area (Å²) in [6.45, 7) is 8.95. The molecule has 2 bridgehead atoms. The predicted octanol–water partition coefficient (Wildman–Crippen LogP) is 2.88. The van der Waals surface area contributed by atoms with Crippen LogP contribution >= 0.6 is 11.6 Å². The number of aliphatic hydroxyl groups is 1. The maximum atomic E-state index is 9.97. The predicted molar refractivity (Wildman–Crippen MR) is 130 cm³/mol. The quantitative estimate of drug-likeness (QED) is 0.508. The minimum Gasteiger partial charge on any atom is -0.483 e. The van der Waals surface area contributed by atoms with E-state index in [0.29, 0.717) is 12.6 Å². The van der Waals surface area contributed by atoms with Gasteiger partial charge >= 0.3 is 0 Å². The third-order valence-corrected chi connectivity index (χ3v) is 7.68. The average Bonchev–Trinajstić information content (AvgIpc) is 3.35. The number of carbonyl (C=O) groups is 2. The van der Waals surface area contributed by atoms with Crippen LogP contribution < -0.4 is 4.90 Å². The lowest BCUT2D eigenvalue weighted by Crippen LogP contribution is -2.47. The molecule has 0 spiro atoms. The first kappa shape index (κ1) is 27.4. The van der Waals surface area contributed by atoms with Crippen molar-refractivity contribution in [1.29, 1.82) is 0 Å². The molecule has 0 radical (unpaired) electrons. The molecule has 8 nitrogen and oxygen atoms in total. The molecule has 3 heterocycles. The average molecular weight is 484 g/mol. The van der Waals surface area contributed by atoms with Crippen LogP contribution in [0.1, 0.15) is 39.0 Å². The van der Waals surface area contributed by atoms with E-state index in [4.69, 9.17) is 31.4 Å². The zero-order valence-electron chi connectivity index (χ0n) is 19.5. The summed E-state index contributed by atoms with van der Waals surface area (Å²) < 4.78 is 0. The van der Waals surface area contributed by atoms with E-state index in [1.165, 1.54) is 44.5 Å². The van der Waals surface area contributed by atoms with Crippen molar-refractivity contribution in [3.05, 3.63) is 29.3 Å². The number of hydrogen-bond acceptors (Lipinski definition) is 6. The van der Waals surface area contributed by atoms with Crippen LogP contribution in [0.4, 0.5) is 5.69 Å². The lowest BCUT2D eigenvalue weighted by atomic mass is 9.72. The molecule has 0 unspecified atom stereocenters. The van der Waals surface area contributed by atoms with Crippen molar-refractivity contribution in [2.24, 2.45) is 5.41 Å². The maximum Gasteiger partial charge on any atom is 0.290 e. The maximum absolute atomic E-state index is 9.97. The molecule has 1 aromatic carbocycles. The Morgan fingerprint density at radius 3 is 2.30 bits per heavy atom. The molecule has 3 atom stereocenters. The fraction of sp³-hybridized carbons (Fsp3) is 0.667. The molecule has 186 valence electrons. The van der Waals surface area contributed by atoms with E-state index in [1.54, 1.807) is 0 Å². The first-order valence-electron chi connectivity index (χ1n) is 11.7. The molecule has 0 aliphatic carbocycles. The smallest absolute Gasteiger partial charge is 0.290 e. The Balaban J connectivity index is 0.000000582. The SMILES string of the molecule is CC[C@]1(CO)C[C@H]2CC[C@@H]1N2CCCN1CCN(c2cccc(Cl)c2)CC1.O=CO.O=CO. The van der Waals surface area contributed by atoms with Gasteiger partial charge in [-0.15, -0.1) is 0 Å². The molecule has 3 N–H and O–H groups in total. The van der Waals surface area contributed by atoms with E-state index in [-0.39, 0.29) is 18.4 Å². The number of fused-ring (bicyclic) bond motifs is 2. The number of nitrogens with zero attached hydrogens (tertiary/aromatic N) is 3. The Morgan fingerprint density at radius 1 is 1.09 bits per heavy atom. The largest absolute Gasteiger partial charge is 0.483 e. The van der Waals surface area contributed by atoms with Crippen molar-refractivity contribution < 1.29 is 24.9 Å². The molecular formula is C24H38ClN3O5. The standard InChI is InChI=1S/C22H34ClN3O.2CH2O2/c1-2-22(17-27)16-20-7-8-21(22)26(20)10-4-9-24-11-13-25(14-12-24)19-6-3-5-18(23)15-19;2*2-1-3/h3,5-6,15,20-21,27H,2,4,7-14,16-17H2,1H3;2*1H,(H,2,3)/t20-,21+,22-;;/m1../s1. The van der Waals surface area contributed by atoms with E-state index >= 15 is 0 Å². The lowest BCUT2D eigenvalue weighted by molar-refractivity contribution is -0.123. The third-order valence-electron chi connectivity index (χ3n) is 7.45. The van der Waals surface area contributed by atoms with Gasteiger partial charge in [-0.1, -0.05) is 24.6 Å². The molecule has 9 heteroatoms. The van der Waals surface area contributed by atoms with Crippen LogP contribution in [0.5, 0.6) is 0 Å². The third kappa shape index (κ3) is 7.06. The number of hydrogen-bond donors (Lipinski definition) is 3. The summed E-state index contributed by atoms with van der Waals surface area (Å²) in [5, 5.41) is 24.6. The minimum absolute atomic E-state index is 0.186. The second kappa shape index (κ2) is 13.7. The fourth-order valence-electron chi connectivity index (χ4n) is 5.80. The van der Waals surface area contributed by atoms with Crippen LogP contribution in [-0.2, 0) is 9.59 Å². The van der Waals surface area contributed by atoms with E-state index < -0.39 is 0 Å². The summed E-state index contributed by atoms with van der Waals surface area (Å²) in [4.78, 5) is 24.5. The second-order valence-electron chi connectivity index (χ2n) is 8.94. The van der Waals surface area contributed by atoms with Crippen molar-refractivity contribution in [1.82, 2.24) is 9.80 Å². The van der Waals surface area contributed by atoms with Crippen molar-refractivity contribution >= 4 is 30.2 Å². The molecule has 0 saturated carbocycles. The van der Waals surface area contributed by atoms with Gasteiger partial charge in [0, 0.05) is 54.4 Å². The molecule has 4 rings (SSSR count). The molecule has 3 fully saturated rings. The first-order valence-corrected chi connectivity index (χ1v) is 12.1. The topological polar surface area (TPSA) is 105 Å². The number of piperazine rings is 1. The van der Waals surface area contributed by atoms with Crippen molar-refractivity contribution in [2.45, 2.75) is 51.1 Å². The molecule has 0 amide bonds. The summed E-state index contributed by atoms with van der Waals surface area (Å²) in [5.41, 5.74) is 1.43. The van der Waals surface area contributed by atoms with E-state index in [1.807, 2.05) is 12.1 Å². The number of aliphatic hydroxyl groups excluding tert-OH is 1. The van der Waals surface area contributed by atoms with Gasteiger partial charge in [0.15, 0.2) is 0 Å². The molecule has 3 aliphatic rings. The highest BCUT2D eigenvalue weighted by atomic mass is 35.5. The summed E-state index contributed by atoms with van der Waals surface area (Å²) in [6.07, 6.45) is 6.20. The highest BCUT2D eigenvalue weighted by Crippen LogP contribution is 2.51. The Kier molecular flexibility index (Phi) is 11.4. The molecule has 0 aromatic heterocycles. The number of anilines is 1. The van der Waals surface area contributed by atoms with Crippen LogP contribution in [-0.4, -0.2) is 96.0 Å². The summed E-state index contributed by atoms with van der Waals surface area (Å²) in [7, 11) is 0. The Morgan fingerprint density at radius 2 is 1.76 bits per heavy atom. The normalized spacial score (nSPS) is 26.7. The Labute approximate surface area is 201 Å². The number of rotatable bonds is 7.